The van der Waals surface area contributed by atoms with E-state index in [0.717, 1.165) is 16.8 Å². The Bertz CT molecular complexity index is 903. The van der Waals surface area contributed by atoms with Gasteiger partial charge in [-0.15, -0.1) is 0 Å². The van der Waals surface area contributed by atoms with Crippen molar-refractivity contribution in [2.75, 3.05) is 7.11 Å². The first-order valence-corrected chi connectivity index (χ1v) is 7.33. The molecule has 0 fully saturated rings. The van der Waals surface area contributed by atoms with Crippen LogP contribution in [0.4, 0.5) is 4.39 Å². The van der Waals surface area contributed by atoms with Crippen LogP contribution in [0.1, 0.15) is 5.56 Å². The van der Waals surface area contributed by atoms with E-state index in [1.54, 1.807) is 23.8 Å². The number of halogens is 2. The van der Waals surface area contributed by atoms with Gasteiger partial charge < -0.3 is 9.72 Å². The zero-order chi connectivity index (χ0) is 15.1. The Morgan fingerprint density at radius 2 is 2.14 bits per heavy atom. The maximum atomic E-state index is 13.6. The summed E-state index contributed by atoms with van der Waals surface area (Å²) in [6.07, 6.45) is 0. The van der Waals surface area contributed by atoms with Gasteiger partial charge in [0, 0.05) is 6.07 Å². The Kier molecular flexibility index (Phi) is 3.54. The molecule has 0 bridgehead atoms. The van der Waals surface area contributed by atoms with E-state index in [1.165, 1.54) is 6.07 Å². The molecule has 0 atom stereocenters. The molecule has 4 nitrogen and oxygen atoms in total. The monoisotopic (exact) mass is 367 g/mol. The van der Waals surface area contributed by atoms with Crippen LogP contribution in [-0.4, -0.2) is 21.6 Å². The minimum atomic E-state index is -0.312. The molecule has 2 heterocycles. The lowest BCUT2D eigenvalue weighted by Gasteiger charge is -2.09. The predicted molar refractivity (Wildman–Crippen MR) is 85.2 cm³/mol. The number of methoxy groups -OCH3 is 1. The van der Waals surface area contributed by atoms with E-state index in [0.29, 0.717) is 20.8 Å². The van der Waals surface area contributed by atoms with Crippen molar-refractivity contribution < 1.29 is 9.13 Å². The number of hydrogen-bond acceptors (Lipinski definition) is 3. The first-order chi connectivity index (χ1) is 10.0. The summed E-state index contributed by atoms with van der Waals surface area (Å²) in [6, 6.07) is 6.75. The highest BCUT2D eigenvalue weighted by atomic mass is 79.9. The number of aromatic amines is 1. The number of aryl methyl sites for hydroxylation is 1. The van der Waals surface area contributed by atoms with E-state index in [-0.39, 0.29) is 5.82 Å². The number of nitrogens with one attached hydrogen (secondary N) is 1. The lowest BCUT2D eigenvalue weighted by atomic mass is 10.2. The topological polar surface area (TPSA) is 42.8 Å². The van der Waals surface area contributed by atoms with Crippen molar-refractivity contribution in [1.29, 1.82) is 0 Å². The van der Waals surface area contributed by atoms with Crippen molar-refractivity contribution in [1.82, 2.24) is 14.5 Å². The highest BCUT2D eigenvalue weighted by Crippen LogP contribution is 2.27. The first-order valence-electron chi connectivity index (χ1n) is 6.13. The van der Waals surface area contributed by atoms with Gasteiger partial charge in [-0.25, -0.2) is 4.39 Å². The van der Waals surface area contributed by atoms with Gasteiger partial charge in [-0.3, -0.25) is 4.57 Å². The average Bonchev–Trinajstić information content (AvgIpc) is 2.78. The first kappa shape index (κ1) is 14.2. The number of H-pyrrole nitrogens is 1. The van der Waals surface area contributed by atoms with Crippen molar-refractivity contribution in [2.24, 2.45) is 0 Å². The lowest BCUT2D eigenvalue weighted by molar-refractivity contribution is 0.399. The van der Waals surface area contributed by atoms with Crippen LogP contribution in [0.15, 0.2) is 28.7 Å². The number of hydrogen-bond donors (Lipinski definition) is 1. The molecule has 0 amide bonds. The standard InChI is InChI=1S/C14H11BrFN3OS/c1-7-5-9(16)8(15)6-11(7)19-13-10(17-14(19)21)3-4-12(18-13)20-2/h3-6H,1-2H3,(H,17,21). The molecule has 0 aliphatic carbocycles. The second kappa shape index (κ2) is 5.23. The lowest BCUT2D eigenvalue weighted by Crippen LogP contribution is -2.00. The number of ether oxygens (including phenoxy) is 1. The smallest absolute Gasteiger partial charge is 0.215 e. The summed E-state index contributed by atoms with van der Waals surface area (Å²) in [7, 11) is 1.56. The van der Waals surface area contributed by atoms with E-state index >= 15 is 0 Å². The van der Waals surface area contributed by atoms with Gasteiger partial charge in [0.05, 0.1) is 22.8 Å². The third-order valence-corrected chi connectivity index (χ3v) is 4.09. The van der Waals surface area contributed by atoms with Gasteiger partial charge in [0.2, 0.25) is 5.88 Å². The van der Waals surface area contributed by atoms with Gasteiger partial charge in [-0.2, -0.15) is 4.98 Å². The molecule has 0 saturated heterocycles. The zero-order valence-electron chi connectivity index (χ0n) is 11.3. The number of imidazole rings is 1. The van der Waals surface area contributed by atoms with Gasteiger partial charge >= 0.3 is 0 Å². The van der Waals surface area contributed by atoms with Crippen molar-refractivity contribution in [3.63, 3.8) is 0 Å². The number of pyridine rings is 1. The van der Waals surface area contributed by atoms with E-state index in [2.05, 4.69) is 25.9 Å². The molecule has 0 radical (unpaired) electrons. The molecule has 7 heteroatoms. The molecule has 0 aliphatic heterocycles. The highest BCUT2D eigenvalue weighted by molar-refractivity contribution is 9.10. The predicted octanol–water partition coefficient (Wildman–Crippen LogP) is 4.30. The summed E-state index contributed by atoms with van der Waals surface area (Å²) < 4.78 is 21.4. The van der Waals surface area contributed by atoms with Gasteiger partial charge in [0.25, 0.3) is 0 Å². The minimum absolute atomic E-state index is 0.312. The molecule has 21 heavy (non-hydrogen) atoms. The number of rotatable bonds is 2. The third-order valence-electron chi connectivity index (χ3n) is 3.19. The Hall–Kier alpha value is -1.73. The fourth-order valence-electron chi connectivity index (χ4n) is 2.18. The van der Waals surface area contributed by atoms with Crippen molar-refractivity contribution in [2.45, 2.75) is 6.92 Å². The Morgan fingerprint density at radius 1 is 1.38 bits per heavy atom. The molecule has 3 rings (SSSR count). The number of benzene rings is 1. The largest absolute Gasteiger partial charge is 0.481 e. The molecule has 108 valence electrons. The summed E-state index contributed by atoms with van der Waals surface area (Å²) in [5.74, 6) is 0.178. The minimum Gasteiger partial charge on any atom is -0.481 e. The Labute approximate surface area is 133 Å². The van der Waals surface area contributed by atoms with Crippen molar-refractivity contribution >= 4 is 39.3 Å². The highest BCUT2D eigenvalue weighted by Gasteiger charge is 2.13. The SMILES string of the molecule is COc1ccc2[nH]c(=S)n(-c3cc(Br)c(F)cc3C)c2n1. The van der Waals surface area contributed by atoms with E-state index < -0.39 is 0 Å². The van der Waals surface area contributed by atoms with Crippen LogP contribution in [0.25, 0.3) is 16.9 Å². The zero-order valence-corrected chi connectivity index (χ0v) is 13.7. The summed E-state index contributed by atoms with van der Waals surface area (Å²) in [5, 5.41) is 0. The van der Waals surface area contributed by atoms with E-state index in [4.69, 9.17) is 17.0 Å². The molecule has 0 saturated carbocycles. The van der Waals surface area contributed by atoms with Crippen LogP contribution < -0.4 is 4.74 Å². The van der Waals surface area contributed by atoms with Crippen LogP contribution in [0.5, 0.6) is 5.88 Å². The second-order valence-electron chi connectivity index (χ2n) is 4.54. The molecular weight excluding hydrogens is 357 g/mol. The van der Waals surface area contributed by atoms with E-state index in [9.17, 15) is 4.39 Å². The molecule has 0 spiro atoms. The van der Waals surface area contributed by atoms with Gasteiger partial charge in [0.15, 0.2) is 10.4 Å². The van der Waals surface area contributed by atoms with Crippen LogP contribution >= 0.6 is 28.1 Å². The molecule has 0 aliphatic rings. The van der Waals surface area contributed by atoms with Crippen LogP contribution in [0, 0.1) is 17.5 Å². The molecule has 3 aromatic rings. The van der Waals surface area contributed by atoms with Crippen molar-refractivity contribution in [3.05, 3.63) is 44.9 Å². The molecule has 1 N–H and O–H groups in total. The average molecular weight is 368 g/mol. The molecule has 1 aromatic carbocycles. The third kappa shape index (κ3) is 2.36. The van der Waals surface area contributed by atoms with Gasteiger partial charge in [0.1, 0.15) is 5.82 Å². The van der Waals surface area contributed by atoms with Crippen LogP contribution in [-0.2, 0) is 0 Å². The van der Waals surface area contributed by atoms with E-state index in [1.807, 2.05) is 13.0 Å². The Morgan fingerprint density at radius 3 is 2.86 bits per heavy atom. The fourth-order valence-corrected chi connectivity index (χ4v) is 2.81. The molecule has 0 unspecified atom stereocenters. The number of fused-ring (bicyclic) bond motifs is 1. The summed E-state index contributed by atoms with van der Waals surface area (Å²) in [5.41, 5.74) is 2.96. The quantitative estimate of drug-likeness (QED) is 0.686. The second-order valence-corrected chi connectivity index (χ2v) is 5.78. The maximum absolute atomic E-state index is 13.6. The number of nitrogens with zero attached hydrogens (tertiary/aromatic N) is 2. The summed E-state index contributed by atoms with van der Waals surface area (Å²) >= 11 is 8.57. The molecule has 2 aromatic heterocycles. The summed E-state index contributed by atoms with van der Waals surface area (Å²) in [4.78, 5) is 7.51. The number of aromatic nitrogens is 3. The van der Waals surface area contributed by atoms with Crippen LogP contribution in [0.2, 0.25) is 0 Å². The Balaban J connectivity index is 2.36. The maximum Gasteiger partial charge on any atom is 0.215 e. The fraction of sp³-hybridized carbons (Fsp3) is 0.143. The van der Waals surface area contributed by atoms with Gasteiger partial charge in [-0.05, 0) is 58.8 Å². The van der Waals surface area contributed by atoms with Crippen molar-refractivity contribution in [3.8, 4) is 11.6 Å². The van der Waals surface area contributed by atoms with Gasteiger partial charge in [-0.1, -0.05) is 0 Å². The molecular formula is C14H11BrFN3OS. The van der Waals surface area contributed by atoms with Crippen LogP contribution in [0.3, 0.4) is 0 Å². The summed E-state index contributed by atoms with van der Waals surface area (Å²) in [6.45, 7) is 1.83. The normalized spacial score (nSPS) is 11.0.